The molecule has 2 amide bonds. The Morgan fingerprint density at radius 2 is 1.84 bits per heavy atom. The van der Waals surface area contributed by atoms with E-state index in [0.717, 1.165) is 54.6 Å². The number of hydrogen-bond acceptors (Lipinski definition) is 4. The third-order valence-corrected chi connectivity index (χ3v) is 7.28. The number of rotatable bonds is 7. The van der Waals surface area contributed by atoms with Gasteiger partial charge in [-0.15, -0.1) is 0 Å². The number of thiocarbonyl (C=S) groups is 1. The largest absolute Gasteiger partial charge is 0.494 e. The second kappa shape index (κ2) is 10.8. The summed E-state index contributed by atoms with van der Waals surface area (Å²) in [6.45, 7) is 6.56. The highest BCUT2D eigenvalue weighted by molar-refractivity contribution is 7.80. The Morgan fingerprint density at radius 1 is 1.08 bits per heavy atom. The minimum Gasteiger partial charge on any atom is -0.494 e. The fourth-order valence-electron chi connectivity index (χ4n) is 5.16. The summed E-state index contributed by atoms with van der Waals surface area (Å²) in [6.07, 6.45) is 7.98. The lowest BCUT2D eigenvalue weighted by molar-refractivity contribution is -0.132. The second-order valence-electron chi connectivity index (χ2n) is 9.38. The van der Waals surface area contributed by atoms with Crippen LogP contribution in [0.4, 0.5) is 5.69 Å². The van der Waals surface area contributed by atoms with Crippen molar-refractivity contribution in [2.45, 2.75) is 46.1 Å². The van der Waals surface area contributed by atoms with E-state index in [2.05, 4.69) is 18.3 Å². The number of ether oxygens (including phenoxy) is 1. The highest BCUT2D eigenvalue weighted by Crippen LogP contribution is 2.30. The number of nitrogens with one attached hydrogen (secondary N) is 1. The first-order chi connectivity index (χ1) is 18.0. The van der Waals surface area contributed by atoms with E-state index in [0.29, 0.717) is 23.1 Å². The quantitative estimate of drug-likeness (QED) is 0.358. The fourth-order valence-corrected chi connectivity index (χ4v) is 5.46. The maximum atomic E-state index is 13.4. The number of hydrogen-bond donors (Lipinski definition) is 1. The smallest absolute Gasteiger partial charge is 0.281 e. The molecule has 37 heavy (non-hydrogen) atoms. The van der Waals surface area contributed by atoms with Crippen molar-refractivity contribution < 1.29 is 14.3 Å². The number of benzene rings is 2. The van der Waals surface area contributed by atoms with Crippen LogP contribution in [0.25, 0.3) is 17.0 Å². The molecule has 0 saturated carbocycles. The number of amides is 2. The molecular weight excluding hydrogens is 484 g/mol. The molecule has 0 radical (unpaired) electrons. The van der Waals surface area contributed by atoms with Gasteiger partial charge < -0.3 is 19.5 Å². The van der Waals surface area contributed by atoms with E-state index in [9.17, 15) is 9.59 Å². The number of carbonyl (C=O) groups excluding carboxylic acids is 2. The maximum absolute atomic E-state index is 13.4. The molecule has 0 unspecified atom stereocenters. The molecule has 1 aromatic heterocycles. The predicted octanol–water partition coefficient (Wildman–Crippen LogP) is 4.88. The first-order valence-corrected chi connectivity index (χ1v) is 13.4. The number of carbonyl (C=O) groups is 2. The van der Waals surface area contributed by atoms with Crippen LogP contribution in [0.2, 0.25) is 0 Å². The van der Waals surface area contributed by atoms with Gasteiger partial charge in [0.2, 0.25) is 5.91 Å². The Morgan fingerprint density at radius 3 is 2.54 bits per heavy atom. The molecule has 0 atom stereocenters. The number of aromatic nitrogens is 1. The van der Waals surface area contributed by atoms with Gasteiger partial charge in [0.1, 0.15) is 18.0 Å². The lowest BCUT2D eigenvalue weighted by Crippen LogP contribution is -2.37. The number of nitrogens with zero attached hydrogens (tertiary/aromatic N) is 3. The Labute approximate surface area is 222 Å². The van der Waals surface area contributed by atoms with Gasteiger partial charge in [-0.1, -0.05) is 25.1 Å². The Balaban J connectivity index is 1.47. The van der Waals surface area contributed by atoms with Gasteiger partial charge in [-0.2, -0.15) is 0 Å². The molecule has 3 aromatic rings. The van der Waals surface area contributed by atoms with E-state index in [1.807, 2.05) is 65.1 Å². The van der Waals surface area contributed by atoms with Crippen LogP contribution in [0.5, 0.6) is 5.75 Å². The first kappa shape index (κ1) is 25.0. The predicted molar refractivity (Wildman–Crippen MR) is 151 cm³/mol. The van der Waals surface area contributed by atoms with E-state index >= 15 is 0 Å². The fraction of sp³-hybridized carbons (Fsp3) is 0.345. The van der Waals surface area contributed by atoms with Gasteiger partial charge in [0.25, 0.3) is 5.91 Å². The van der Waals surface area contributed by atoms with E-state index in [1.165, 1.54) is 16.9 Å². The third-order valence-electron chi connectivity index (χ3n) is 6.99. The van der Waals surface area contributed by atoms with Crippen LogP contribution in [0.3, 0.4) is 0 Å². The maximum Gasteiger partial charge on any atom is 0.281 e. The summed E-state index contributed by atoms with van der Waals surface area (Å²) in [5.41, 5.74) is 4.17. The molecular formula is C29H32N4O3S. The number of anilines is 1. The van der Waals surface area contributed by atoms with E-state index in [4.69, 9.17) is 17.0 Å². The minimum atomic E-state index is -0.217. The summed E-state index contributed by atoms with van der Waals surface area (Å²) in [5, 5.41) is 4.43. The molecule has 5 rings (SSSR count). The highest BCUT2D eigenvalue weighted by atomic mass is 32.1. The van der Waals surface area contributed by atoms with Crippen molar-refractivity contribution >= 4 is 51.8 Å². The molecule has 1 N–H and O–H groups in total. The summed E-state index contributed by atoms with van der Waals surface area (Å²) in [7, 11) is 0. The SMILES string of the molecule is CCOc1ccc(N2C(=O)/C(=C/c3cn(CC(=O)N4CCCCC4)c4c(CC)cccc34)NC2=S)cc1. The molecule has 7 nitrogen and oxygen atoms in total. The zero-order valence-corrected chi connectivity index (χ0v) is 22.1. The van der Waals surface area contributed by atoms with Gasteiger partial charge in [-0.25, -0.2) is 0 Å². The molecule has 2 aliphatic rings. The molecule has 2 aromatic carbocycles. The van der Waals surface area contributed by atoms with Crippen molar-refractivity contribution in [1.29, 1.82) is 0 Å². The van der Waals surface area contributed by atoms with Crippen molar-refractivity contribution in [3.8, 4) is 5.75 Å². The van der Waals surface area contributed by atoms with Crippen molar-refractivity contribution in [3.63, 3.8) is 0 Å². The summed E-state index contributed by atoms with van der Waals surface area (Å²) in [6, 6.07) is 13.5. The van der Waals surface area contributed by atoms with E-state index in [1.54, 1.807) is 0 Å². The van der Waals surface area contributed by atoms with Crippen LogP contribution in [0.1, 0.15) is 44.2 Å². The van der Waals surface area contributed by atoms with Crippen molar-refractivity contribution in [1.82, 2.24) is 14.8 Å². The summed E-state index contributed by atoms with van der Waals surface area (Å²) in [5.74, 6) is 0.664. The standard InChI is InChI=1S/C29H32N4O3S/c1-3-20-9-8-10-24-21(18-32(27(20)24)19-26(34)31-15-6-5-7-16-31)17-25-28(35)33(29(37)30-25)22-11-13-23(14-12-22)36-4-2/h8-14,17-18H,3-7,15-16,19H2,1-2H3,(H,30,37)/b25-17-. The molecule has 8 heteroatoms. The lowest BCUT2D eigenvalue weighted by atomic mass is 10.1. The van der Waals surface area contributed by atoms with Gasteiger partial charge >= 0.3 is 0 Å². The topological polar surface area (TPSA) is 66.8 Å². The van der Waals surface area contributed by atoms with E-state index < -0.39 is 0 Å². The Hall–Kier alpha value is -3.65. The zero-order valence-electron chi connectivity index (χ0n) is 21.3. The molecule has 3 heterocycles. The first-order valence-electron chi connectivity index (χ1n) is 13.0. The summed E-state index contributed by atoms with van der Waals surface area (Å²) in [4.78, 5) is 30.0. The number of piperidine rings is 1. The van der Waals surface area contributed by atoms with Crippen LogP contribution in [-0.4, -0.2) is 46.1 Å². The molecule has 0 bridgehead atoms. The van der Waals surface area contributed by atoms with Crippen LogP contribution in [0, 0.1) is 0 Å². The van der Waals surface area contributed by atoms with Gasteiger partial charge in [0.15, 0.2) is 5.11 Å². The van der Waals surface area contributed by atoms with Crippen molar-refractivity contribution in [2.75, 3.05) is 24.6 Å². The van der Waals surface area contributed by atoms with Gasteiger partial charge in [0.05, 0.1) is 17.8 Å². The third kappa shape index (κ3) is 4.98. The zero-order chi connectivity index (χ0) is 25.9. The summed E-state index contributed by atoms with van der Waals surface area (Å²) >= 11 is 5.51. The number of fused-ring (bicyclic) bond motifs is 1. The van der Waals surface area contributed by atoms with Crippen molar-refractivity contribution in [2.24, 2.45) is 0 Å². The average Bonchev–Trinajstić information content (AvgIpc) is 3.41. The number of para-hydroxylation sites is 1. The van der Waals surface area contributed by atoms with Crippen LogP contribution in [-0.2, 0) is 22.6 Å². The molecule has 192 valence electrons. The van der Waals surface area contributed by atoms with Gasteiger partial charge in [-0.3, -0.25) is 14.5 Å². The number of aryl methyl sites for hydroxylation is 1. The normalized spacial score (nSPS) is 17.1. The summed E-state index contributed by atoms with van der Waals surface area (Å²) < 4.78 is 7.55. The second-order valence-corrected chi connectivity index (χ2v) is 9.76. The molecule has 2 aliphatic heterocycles. The minimum absolute atomic E-state index is 0.139. The lowest BCUT2D eigenvalue weighted by Gasteiger charge is -2.27. The molecule has 2 fully saturated rings. The van der Waals surface area contributed by atoms with E-state index in [-0.39, 0.29) is 18.4 Å². The van der Waals surface area contributed by atoms with Crippen LogP contribution in [0.15, 0.2) is 54.4 Å². The van der Waals surface area contributed by atoms with Gasteiger partial charge in [-0.05, 0) is 80.7 Å². The van der Waals surface area contributed by atoms with Gasteiger partial charge in [0, 0.05) is 30.2 Å². The molecule has 2 saturated heterocycles. The number of likely N-dealkylation sites (tertiary alicyclic amines) is 1. The monoisotopic (exact) mass is 516 g/mol. The highest BCUT2D eigenvalue weighted by Gasteiger charge is 2.32. The molecule has 0 aliphatic carbocycles. The average molecular weight is 517 g/mol. The van der Waals surface area contributed by atoms with Crippen LogP contribution < -0.4 is 15.0 Å². The Kier molecular flexibility index (Phi) is 7.28. The molecule has 0 spiro atoms. The Bertz CT molecular complexity index is 1370. The van der Waals surface area contributed by atoms with Crippen LogP contribution >= 0.6 is 12.2 Å². The van der Waals surface area contributed by atoms with Crippen molar-refractivity contribution in [3.05, 3.63) is 65.5 Å².